The molecular formula is C27H32N2O5. The SMILES string of the molecule is CCC[C@@H](CC(=O)O)NC(=O)[C@@H]1CCC[C@@H]1NC(=O)OCC1c2ccccc2-c2ccccc21. The lowest BCUT2D eigenvalue weighted by atomic mass is 9.98. The summed E-state index contributed by atoms with van der Waals surface area (Å²) < 4.78 is 5.64. The largest absolute Gasteiger partial charge is 0.481 e. The van der Waals surface area contributed by atoms with Gasteiger partial charge in [0.2, 0.25) is 5.91 Å². The van der Waals surface area contributed by atoms with E-state index in [4.69, 9.17) is 9.84 Å². The Morgan fingerprint density at radius 2 is 1.68 bits per heavy atom. The van der Waals surface area contributed by atoms with Crippen molar-refractivity contribution in [3.63, 3.8) is 0 Å². The van der Waals surface area contributed by atoms with E-state index in [-0.39, 0.29) is 36.8 Å². The summed E-state index contributed by atoms with van der Waals surface area (Å²) in [7, 11) is 0. The van der Waals surface area contributed by atoms with Gasteiger partial charge in [-0.25, -0.2) is 4.79 Å². The van der Waals surface area contributed by atoms with Gasteiger partial charge in [0.25, 0.3) is 0 Å². The molecule has 0 heterocycles. The number of amides is 2. The molecule has 0 spiro atoms. The first-order chi connectivity index (χ1) is 16.5. The number of hydrogen-bond acceptors (Lipinski definition) is 4. The van der Waals surface area contributed by atoms with Crippen LogP contribution in [-0.4, -0.2) is 41.8 Å². The van der Waals surface area contributed by atoms with Crippen LogP contribution in [0, 0.1) is 5.92 Å². The van der Waals surface area contributed by atoms with Crippen molar-refractivity contribution in [2.24, 2.45) is 5.92 Å². The molecule has 0 aromatic heterocycles. The summed E-state index contributed by atoms with van der Waals surface area (Å²) in [5.41, 5.74) is 4.63. The third-order valence-corrected chi connectivity index (χ3v) is 6.90. The molecule has 1 saturated carbocycles. The van der Waals surface area contributed by atoms with Gasteiger partial charge in [-0.3, -0.25) is 9.59 Å². The van der Waals surface area contributed by atoms with Crippen molar-refractivity contribution in [2.75, 3.05) is 6.61 Å². The van der Waals surface area contributed by atoms with Gasteiger partial charge in [0.15, 0.2) is 0 Å². The number of carboxylic acids is 1. The second-order valence-electron chi connectivity index (χ2n) is 9.21. The number of fused-ring (bicyclic) bond motifs is 3. The minimum atomic E-state index is -0.932. The maximum absolute atomic E-state index is 12.8. The molecule has 2 aliphatic carbocycles. The molecule has 2 aliphatic rings. The maximum atomic E-state index is 12.8. The van der Waals surface area contributed by atoms with E-state index in [0.29, 0.717) is 19.3 Å². The van der Waals surface area contributed by atoms with Gasteiger partial charge in [-0.15, -0.1) is 0 Å². The quantitative estimate of drug-likeness (QED) is 0.508. The summed E-state index contributed by atoms with van der Waals surface area (Å²) in [6.45, 7) is 2.18. The second kappa shape index (κ2) is 10.7. The van der Waals surface area contributed by atoms with Crippen LogP contribution in [0.2, 0.25) is 0 Å². The number of rotatable bonds is 9. The molecule has 0 saturated heterocycles. The Morgan fingerprint density at radius 3 is 2.29 bits per heavy atom. The third-order valence-electron chi connectivity index (χ3n) is 6.90. The Kier molecular flexibility index (Phi) is 7.50. The molecule has 34 heavy (non-hydrogen) atoms. The van der Waals surface area contributed by atoms with Gasteiger partial charge in [-0.2, -0.15) is 0 Å². The van der Waals surface area contributed by atoms with Crippen molar-refractivity contribution in [1.29, 1.82) is 0 Å². The molecule has 1 fully saturated rings. The average molecular weight is 465 g/mol. The lowest BCUT2D eigenvalue weighted by molar-refractivity contribution is -0.137. The number of aliphatic carboxylic acids is 1. The molecule has 2 aromatic rings. The van der Waals surface area contributed by atoms with Crippen LogP contribution in [0.5, 0.6) is 0 Å². The highest BCUT2D eigenvalue weighted by Crippen LogP contribution is 2.44. The second-order valence-corrected chi connectivity index (χ2v) is 9.21. The Labute approximate surface area is 199 Å². The lowest BCUT2D eigenvalue weighted by Gasteiger charge is -2.24. The van der Waals surface area contributed by atoms with E-state index in [1.165, 1.54) is 11.1 Å². The normalized spacial score (nSPS) is 19.7. The molecule has 0 aliphatic heterocycles. The van der Waals surface area contributed by atoms with Gasteiger partial charge in [0.05, 0.1) is 12.3 Å². The van der Waals surface area contributed by atoms with Crippen molar-refractivity contribution in [2.45, 2.75) is 63.5 Å². The van der Waals surface area contributed by atoms with Crippen LogP contribution in [0.15, 0.2) is 48.5 Å². The lowest BCUT2D eigenvalue weighted by Crippen LogP contribution is -2.47. The van der Waals surface area contributed by atoms with Crippen molar-refractivity contribution >= 4 is 18.0 Å². The fraction of sp³-hybridized carbons (Fsp3) is 0.444. The number of nitrogens with one attached hydrogen (secondary N) is 2. The molecule has 7 heteroatoms. The van der Waals surface area contributed by atoms with E-state index in [1.807, 2.05) is 31.2 Å². The first-order valence-corrected chi connectivity index (χ1v) is 12.1. The highest BCUT2D eigenvalue weighted by atomic mass is 16.5. The average Bonchev–Trinajstić information content (AvgIpc) is 3.40. The van der Waals surface area contributed by atoms with Crippen LogP contribution in [0.4, 0.5) is 4.79 Å². The third kappa shape index (κ3) is 5.24. The Bertz CT molecular complexity index is 1010. The number of hydrogen-bond donors (Lipinski definition) is 3. The smallest absolute Gasteiger partial charge is 0.407 e. The van der Waals surface area contributed by atoms with Crippen molar-refractivity contribution in [3.8, 4) is 11.1 Å². The Morgan fingerprint density at radius 1 is 1.03 bits per heavy atom. The van der Waals surface area contributed by atoms with E-state index in [9.17, 15) is 14.4 Å². The van der Waals surface area contributed by atoms with Crippen LogP contribution in [0.1, 0.15) is 62.5 Å². The predicted molar refractivity (Wildman–Crippen MR) is 128 cm³/mol. The zero-order chi connectivity index (χ0) is 24.1. The molecule has 2 amide bonds. The highest BCUT2D eigenvalue weighted by Gasteiger charge is 2.36. The minimum absolute atomic E-state index is 0.0216. The van der Waals surface area contributed by atoms with Crippen LogP contribution in [-0.2, 0) is 14.3 Å². The summed E-state index contributed by atoms with van der Waals surface area (Å²) in [6, 6.07) is 15.6. The van der Waals surface area contributed by atoms with Crippen LogP contribution in [0.3, 0.4) is 0 Å². The van der Waals surface area contributed by atoms with Gasteiger partial charge in [-0.05, 0) is 41.5 Å². The summed E-state index contributed by atoms with van der Waals surface area (Å²) in [5, 5.41) is 14.9. The maximum Gasteiger partial charge on any atom is 0.407 e. The topological polar surface area (TPSA) is 105 Å². The van der Waals surface area contributed by atoms with Crippen LogP contribution >= 0.6 is 0 Å². The van der Waals surface area contributed by atoms with E-state index in [0.717, 1.165) is 24.0 Å². The van der Waals surface area contributed by atoms with Gasteiger partial charge in [0, 0.05) is 18.0 Å². The zero-order valence-corrected chi connectivity index (χ0v) is 19.5. The molecule has 0 unspecified atom stereocenters. The van der Waals surface area contributed by atoms with Crippen molar-refractivity contribution in [3.05, 3.63) is 59.7 Å². The summed E-state index contributed by atoms with van der Waals surface area (Å²) in [6.07, 6.45) is 2.94. The molecule has 2 aromatic carbocycles. The van der Waals surface area contributed by atoms with E-state index in [2.05, 4.69) is 34.9 Å². The molecular weight excluding hydrogens is 432 g/mol. The predicted octanol–water partition coefficient (Wildman–Crippen LogP) is 4.45. The number of alkyl carbamates (subject to hydrolysis) is 1. The summed E-state index contributed by atoms with van der Waals surface area (Å²) >= 11 is 0. The van der Waals surface area contributed by atoms with Crippen LogP contribution in [0.25, 0.3) is 11.1 Å². The number of benzene rings is 2. The van der Waals surface area contributed by atoms with E-state index < -0.39 is 18.1 Å². The fourth-order valence-corrected chi connectivity index (χ4v) is 5.33. The van der Waals surface area contributed by atoms with Gasteiger partial charge in [-0.1, -0.05) is 68.3 Å². The van der Waals surface area contributed by atoms with Crippen LogP contribution < -0.4 is 10.6 Å². The number of ether oxygens (including phenoxy) is 1. The van der Waals surface area contributed by atoms with Crippen molar-refractivity contribution in [1.82, 2.24) is 10.6 Å². The van der Waals surface area contributed by atoms with E-state index >= 15 is 0 Å². The summed E-state index contributed by atoms with van der Waals surface area (Å²) in [5.74, 6) is -1.53. The van der Waals surface area contributed by atoms with Gasteiger partial charge >= 0.3 is 12.1 Å². The van der Waals surface area contributed by atoms with Gasteiger partial charge in [0.1, 0.15) is 6.61 Å². The number of carboxylic acid groups (broad SMARTS) is 1. The van der Waals surface area contributed by atoms with E-state index in [1.54, 1.807) is 0 Å². The standard InChI is InChI=1S/C27H32N2O5/c1-2-8-17(15-25(30)31)28-26(32)22-13-7-14-24(22)29-27(33)34-16-23-20-11-5-3-9-18(20)19-10-4-6-12-21(19)23/h3-6,9-12,17,22-24H,2,7-8,13-16H2,1H3,(H,28,32)(H,29,33)(H,30,31)/t17-,22+,24-/m0/s1. The molecule has 7 nitrogen and oxygen atoms in total. The molecule has 180 valence electrons. The minimum Gasteiger partial charge on any atom is -0.481 e. The molecule has 3 N–H and O–H groups in total. The molecule has 4 rings (SSSR count). The monoisotopic (exact) mass is 464 g/mol. The number of carbonyl (C=O) groups excluding carboxylic acids is 2. The summed E-state index contributed by atoms with van der Waals surface area (Å²) in [4.78, 5) is 36.6. The Hall–Kier alpha value is -3.35. The first-order valence-electron chi connectivity index (χ1n) is 12.1. The molecule has 0 bridgehead atoms. The molecule has 3 atom stereocenters. The Balaban J connectivity index is 1.35. The first kappa shape index (κ1) is 23.8. The fourth-order valence-electron chi connectivity index (χ4n) is 5.33. The number of carbonyl (C=O) groups is 3. The molecule has 0 radical (unpaired) electrons. The van der Waals surface area contributed by atoms with Crippen molar-refractivity contribution < 1.29 is 24.2 Å². The highest BCUT2D eigenvalue weighted by molar-refractivity contribution is 5.82. The van der Waals surface area contributed by atoms with Gasteiger partial charge < -0.3 is 20.5 Å². The zero-order valence-electron chi connectivity index (χ0n) is 19.5.